The molecule has 140 valence electrons. The van der Waals surface area contributed by atoms with Crippen LogP contribution in [0.15, 0.2) is 12.1 Å². The van der Waals surface area contributed by atoms with Crippen LogP contribution in [0.2, 0.25) is 0 Å². The van der Waals surface area contributed by atoms with Crippen LogP contribution in [0.25, 0.3) is 0 Å². The fourth-order valence-corrected chi connectivity index (χ4v) is 3.36. The van der Waals surface area contributed by atoms with Gasteiger partial charge in [-0.1, -0.05) is 0 Å². The van der Waals surface area contributed by atoms with Gasteiger partial charge in [-0.15, -0.1) is 0 Å². The van der Waals surface area contributed by atoms with Gasteiger partial charge >= 0.3 is 0 Å². The first kappa shape index (κ1) is 19.4. The minimum Gasteiger partial charge on any atom is -0.493 e. The van der Waals surface area contributed by atoms with Gasteiger partial charge in [0.1, 0.15) is 0 Å². The summed E-state index contributed by atoms with van der Waals surface area (Å²) in [7, 11) is 4.76. The van der Waals surface area contributed by atoms with Gasteiger partial charge < -0.3 is 24.8 Å². The van der Waals surface area contributed by atoms with Crippen molar-refractivity contribution in [1.82, 2.24) is 4.90 Å². The predicted molar refractivity (Wildman–Crippen MR) is 97.4 cm³/mol. The molecule has 1 fully saturated rings. The standard InChI is InChI=1S/C19H30N2O4/c1-13(20)15-7-9-21(10-8-15)18(22)6-5-14-11-16(23-2)19(25-4)17(12-14)24-3/h11-13,15H,5-10,20H2,1-4H3. The van der Waals surface area contributed by atoms with E-state index < -0.39 is 0 Å². The van der Waals surface area contributed by atoms with Crippen LogP contribution in [0.5, 0.6) is 17.2 Å². The molecule has 1 atom stereocenters. The van der Waals surface area contributed by atoms with Crippen molar-refractivity contribution in [2.75, 3.05) is 34.4 Å². The van der Waals surface area contributed by atoms with E-state index in [1.54, 1.807) is 21.3 Å². The van der Waals surface area contributed by atoms with Crippen LogP contribution in [0.1, 0.15) is 31.7 Å². The van der Waals surface area contributed by atoms with E-state index in [1.165, 1.54) is 0 Å². The highest BCUT2D eigenvalue weighted by Crippen LogP contribution is 2.38. The maximum absolute atomic E-state index is 12.5. The average molecular weight is 350 g/mol. The molecule has 0 radical (unpaired) electrons. The minimum atomic E-state index is 0.192. The average Bonchev–Trinajstić information content (AvgIpc) is 2.64. The zero-order chi connectivity index (χ0) is 18.4. The maximum Gasteiger partial charge on any atom is 0.222 e. The third kappa shape index (κ3) is 4.78. The van der Waals surface area contributed by atoms with E-state index in [2.05, 4.69) is 0 Å². The molecule has 2 N–H and O–H groups in total. The number of amides is 1. The zero-order valence-electron chi connectivity index (χ0n) is 15.7. The lowest BCUT2D eigenvalue weighted by Crippen LogP contribution is -2.42. The number of likely N-dealkylation sites (tertiary alicyclic amines) is 1. The van der Waals surface area contributed by atoms with Crippen LogP contribution in [0, 0.1) is 5.92 Å². The first-order chi connectivity index (χ1) is 12.0. The molecule has 0 aliphatic carbocycles. The van der Waals surface area contributed by atoms with E-state index >= 15 is 0 Å². The number of ether oxygens (including phenoxy) is 3. The van der Waals surface area contributed by atoms with Crippen LogP contribution >= 0.6 is 0 Å². The second-order valence-corrected chi connectivity index (χ2v) is 6.61. The molecule has 1 saturated heterocycles. The Morgan fingerprint density at radius 2 is 1.72 bits per heavy atom. The van der Waals surface area contributed by atoms with Crippen LogP contribution < -0.4 is 19.9 Å². The molecule has 25 heavy (non-hydrogen) atoms. The molecule has 0 bridgehead atoms. The van der Waals surface area contributed by atoms with Gasteiger partial charge in [0.05, 0.1) is 21.3 Å². The number of nitrogens with two attached hydrogens (primary N) is 1. The summed E-state index contributed by atoms with van der Waals surface area (Å²) in [6.07, 6.45) is 3.10. The third-order valence-corrected chi connectivity index (χ3v) is 4.99. The quantitative estimate of drug-likeness (QED) is 0.816. The lowest BCUT2D eigenvalue weighted by Gasteiger charge is -2.33. The summed E-state index contributed by atoms with van der Waals surface area (Å²) in [4.78, 5) is 14.4. The Bertz CT molecular complexity index is 556. The van der Waals surface area contributed by atoms with Gasteiger partial charge in [0.25, 0.3) is 0 Å². The number of piperidine rings is 1. The number of aryl methyl sites for hydroxylation is 1. The second-order valence-electron chi connectivity index (χ2n) is 6.61. The van der Waals surface area contributed by atoms with Gasteiger partial charge in [0.15, 0.2) is 11.5 Å². The van der Waals surface area contributed by atoms with Gasteiger partial charge in [-0.25, -0.2) is 0 Å². The smallest absolute Gasteiger partial charge is 0.222 e. The lowest BCUT2D eigenvalue weighted by molar-refractivity contribution is -0.132. The van der Waals surface area contributed by atoms with Gasteiger partial charge in [-0.05, 0) is 49.8 Å². The fourth-order valence-electron chi connectivity index (χ4n) is 3.36. The molecular formula is C19H30N2O4. The van der Waals surface area contributed by atoms with Crippen LogP contribution in [0.3, 0.4) is 0 Å². The Balaban J connectivity index is 1.96. The summed E-state index contributed by atoms with van der Waals surface area (Å²) in [5.41, 5.74) is 6.96. The first-order valence-electron chi connectivity index (χ1n) is 8.82. The van der Waals surface area contributed by atoms with Crippen molar-refractivity contribution < 1.29 is 19.0 Å². The second kappa shape index (κ2) is 8.94. The fraction of sp³-hybridized carbons (Fsp3) is 0.632. The molecule has 1 aromatic rings. The Kier molecular flexibility index (Phi) is 6.93. The molecule has 6 heteroatoms. The van der Waals surface area contributed by atoms with Gasteiger partial charge in [-0.3, -0.25) is 4.79 Å². The summed E-state index contributed by atoms with van der Waals surface area (Å²) in [5, 5.41) is 0. The largest absolute Gasteiger partial charge is 0.493 e. The van der Waals surface area contributed by atoms with Crippen molar-refractivity contribution in [3.63, 3.8) is 0 Å². The molecule has 0 aromatic heterocycles. The number of nitrogens with zero attached hydrogens (tertiary/aromatic N) is 1. The van der Waals surface area contributed by atoms with Crippen molar-refractivity contribution in [1.29, 1.82) is 0 Å². The molecule has 1 aromatic carbocycles. The van der Waals surface area contributed by atoms with Crippen molar-refractivity contribution in [2.45, 2.75) is 38.6 Å². The number of hydrogen-bond donors (Lipinski definition) is 1. The van der Waals surface area contributed by atoms with Crippen molar-refractivity contribution in [3.05, 3.63) is 17.7 Å². The Hall–Kier alpha value is -1.95. The van der Waals surface area contributed by atoms with Crippen LogP contribution in [-0.2, 0) is 11.2 Å². The van der Waals surface area contributed by atoms with Crippen molar-refractivity contribution in [2.24, 2.45) is 11.7 Å². The predicted octanol–water partition coefficient (Wildman–Crippen LogP) is 2.23. The minimum absolute atomic E-state index is 0.192. The SMILES string of the molecule is COc1cc(CCC(=O)N2CCC(C(C)N)CC2)cc(OC)c1OC. The number of carbonyl (C=O) groups excluding carboxylic acids is 1. The maximum atomic E-state index is 12.5. The Morgan fingerprint density at radius 1 is 1.16 bits per heavy atom. The summed E-state index contributed by atoms with van der Waals surface area (Å²) >= 11 is 0. The Morgan fingerprint density at radius 3 is 2.16 bits per heavy atom. The lowest BCUT2D eigenvalue weighted by atomic mass is 9.91. The summed E-state index contributed by atoms with van der Waals surface area (Å²) in [6.45, 7) is 3.66. The Labute approximate surface area is 150 Å². The summed E-state index contributed by atoms with van der Waals surface area (Å²) in [5.74, 6) is 2.51. The van der Waals surface area contributed by atoms with E-state index in [0.29, 0.717) is 36.0 Å². The van der Waals surface area contributed by atoms with E-state index in [9.17, 15) is 4.79 Å². The topological polar surface area (TPSA) is 74.0 Å². The molecule has 1 aliphatic rings. The van der Waals surface area contributed by atoms with Crippen molar-refractivity contribution in [3.8, 4) is 17.2 Å². The van der Waals surface area contributed by atoms with Crippen molar-refractivity contribution >= 4 is 5.91 Å². The zero-order valence-corrected chi connectivity index (χ0v) is 15.7. The summed E-state index contributed by atoms with van der Waals surface area (Å²) < 4.78 is 16.1. The third-order valence-electron chi connectivity index (χ3n) is 4.99. The highest BCUT2D eigenvalue weighted by atomic mass is 16.5. The number of methoxy groups -OCH3 is 3. The first-order valence-corrected chi connectivity index (χ1v) is 8.82. The molecule has 1 unspecified atom stereocenters. The highest BCUT2D eigenvalue weighted by molar-refractivity contribution is 5.76. The van der Waals surface area contributed by atoms with Gasteiger partial charge in [0, 0.05) is 25.6 Å². The number of carbonyl (C=O) groups is 1. The normalized spacial score (nSPS) is 16.4. The number of rotatable bonds is 7. The molecule has 2 rings (SSSR count). The highest BCUT2D eigenvalue weighted by Gasteiger charge is 2.24. The van der Waals surface area contributed by atoms with Gasteiger partial charge in [0.2, 0.25) is 11.7 Å². The molecule has 0 spiro atoms. The summed E-state index contributed by atoms with van der Waals surface area (Å²) in [6, 6.07) is 4.00. The van der Waals surface area contributed by atoms with E-state index in [4.69, 9.17) is 19.9 Å². The van der Waals surface area contributed by atoms with Crippen LogP contribution in [-0.4, -0.2) is 51.3 Å². The molecular weight excluding hydrogens is 320 g/mol. The van der Waals surface area contributed by atoms with E-state index in [1.807, 2.05) is 24.0 Å². The van der Waals surface area contributed by atoms with Gasteiger partial charge in [-0.2, -0.15) is 0 Å². The number of benzene rings is 1. The van der Waals surface area contributed by atoms with E-state index in [-0.39, 0.29) is 11.9 Å². The molecule has 1 aliphatic heterocycles. The monoisotopic (exact) mass is 350 g/mol. The van der Waals surface area contributed by atoms with E-state index in [0.717, 1.165) is 31.5 Å². The number of hydrogen-bond acceptors (Lipinski definition) is 5. The molecule has 0 saturated carbocycles. The molecule has 6 nitrogen and oxygen atoms in total. The molecule has 1 amide bonds. The molecule has 1 heterocycles. The van der Waals surface area contributed by atoms with Crippen LogP contribution in [0.4, 0.5) is 0 Å².